The summed E-state index contributed by atoms with van der Waals surface area (Å²) in [7, 11) is 0. The molecule has 0 unspecified atom stereocenters. The number of primary amides is 1. The van der Waals surface area contributed by atoms with Crippen molar-refractivity contribution in [2.24, 2.45) is 27.9 Å². The molecular weight excluding hydrogens is 570 g/mol. The number of carbonyl (C=O) groups excluding carboxylic acids is 5. The highest BCUT2D eigenvalue weighted by Crippen LogP contribution is 2.21. The van der Waals surface area contributed by atoms with Crippen molar-refractivity contribution in [1.82, 2.24) is 20.4 Å². The van der Waals surface area contributed by atoms with Gasteiger partial charge in [-0.05, 0) is 45.4 Å². The Bertz CT molecular complexity index is 1010. The molecule has 4 atom stereocenters. The summed E-state index contributed by atoms with van der Waals surface area (Å²) in [6, 6.07) is -3.34. The minimum atomic E-state index is -0.950. The average molecular weight is 616 g/mol. The predicted octanol–water partition coefficient (Wildman–Crippen LogP) is -3.36. The highest BCUT2D eigenvalue weighted by molar-refractivity contribution is 5.96. The molecule has 2 aliphatic rings. The molecule has 2 aliphatic heterocycles. The summed E-state index contributed by atoms with van der Waals surface area (Å²) in [5.41, 5.74) is 21.4. The fraction of sp³-hybridized carbons (Fsp3) is 0.680. The highest BCUT2D eigenvalue weighted by Gasteiger charge is 2.40. The molecule has 18 heteroatoms. The Balaban J connectivity index is 0.00000195. The second-order valence-corrected chi connectivity index (χ2v) is 9.82. The number of amides is 5. The first-order valence-electron chi connectivity index (χ1n) is 13.7. The third-order valence-corrected chi connectivity index (χ3v) is 6.23. The van der Waals surface area contributed by atoms with Crippen LogP contribution < -0.4 is 33.6 Å². The van der Waals surface area contributed by atoms with Crippen LogP contribution in [0.15, 0.2) is 4.99 Å². The van der Waals surface area contributed by atoms with E-state index in [0.29, 0.717) is 45.2 Å². The number of hydrogen-bond donors (Lipinski definition) is 8. The lowest BCUT2D eigenvalue weighted by Crippen LogP contribution is -2.57. The zero-order valence-corrected chi connectivity index (χ0v) is 24.8. The normalized spacial score (nSPS) is 18.4. The Labute approximate surface area is 249 Å². The predicted molar refractivity (Wildman–Crippen MR) is 154 cm³/mol. The summed E-state index contributed by atoms with van der Waals surface area (Å²) in [6.07, 6.45) is 2.74. The third kappa shape index (κ3) is 14.8. The number of likely N-dealkylation sites (tertiary alicyclic amines) is 2. The molecule has 12 N–H and O–H groups in total. The van der Waals surface area contributed by atoms with Gasteiger partial charge in [-0.3, -0.25) is 38.6 Å². The van der Waals surface area contributed by atoms with Gasteiger partial charge in [-0.15, -0.1) is 0 Å². The fourth-order valence-corrected chi connectivity index (χ4v) is 4.37. The van der Waals surface area contributed by atoms with Gasteiger partial charge >= 0.3 is 0 Å². The Hall–Kier alpha value is -4.48. The number of aliphatic imine (C=N–C) groups is 1. The molecule has 0 spiro atoms. The van der Waals surface area contributed by atoms with Crippen LogP contribution in [0.1, 0.15) is 59.3 Å². The summed E-state index contributed by atoms with van der Waals surface area (Å²) in [4.78, 5) is 87.4. The van der Waals surface area contributed by atoms with Gasteiger partial charge in [-0.2, -0.15) is 0 Å². The first-order valence-corrected chi connectivity index (χ1v) is 13.7. The van der Waals surface area contributed by atoms with E-state index >= 15 is 0 Å². The first-order chi connectivity index (χ1) is 20.0. The van der Waals surface area contributed by atoms with Gasteiger partial charge < -0.3 is 53.6 Å². The van der Waals surface area contributed by atoms with E-state index in [1.807, 2.05) is 0 Å². The van der Waals surface area contributed by atoms with Crippen molar-refractivity contribution in [1.29, 1.82) is 0 Å². The van der Waals surface area contributed by atoms with E-state index < -0.39 is 59.7 Å². The monoisotopic (exact) mass is 615 g/mol. The van der Waals surface area contributed by atoms with Crippen LogP contribution in [0.5, 0.6) is 0 Å². The maximum atomic E-state index is 13.5. The van der Waals surface area contributed by atoms with E-state index in [0.717, 1.165) is 13.8 Å². The molecule has 0 saturated carbocycles. The molecule has 5 amide bonds. The lowest BCUT2D eigenvalue weighted by atomic mass is 10.1. The number of carbonyl (C=O) groups is 7. The summed E-state index contributed by atoms with van der Waals surface area (Å²) in [6.45, 7) is 4.42. The number of aliphatic carboxylic acids is 2. The lowest BCUT2D eigenvalue weighted by Gasteiger charge is -2.31. The SMILES string of the molecule is CC(=O)O.CC(=O)O.C[C@H](NC(=O)[C@@H]1CCCN1C(=O)[C@H](CCCN=C(N)N)NC(=O)[C@@H]1CCCN1C(=O)CN)C(N)=O. The van der Waals surface area contributed by atoms with Gasteiger partial charge in [-0.1, -0.05) is 0 Å². The quantitative estimate of drug-likeness (QED) is 0.0642. The van der Waals surface area contributed by atoms with Gasteiger partial charge in [-0.25, -0.2) is 0 Å². The second kappa shape index (κ2) is 19.6. The van der Waals surface area contributed by atoms with Gasteiger partial charge in [0, 0.05) is 33.5 Å². The van der Waals surface area contributed by atoms with Crippen LogP contribution in [-0.2, 0) is 33.6 Å². The summed E-state index contributed by atoms with van der Waals surface area (Å²) in [5.74, 6) is -4.14. The number of hydrogen-bond acceptors (Lipinski definition) is 9. The molecule has 2 rings (SSSR count). The first kappa shape index (κ1) is 38.5. The average Bonchev–Trinajstić information content (AvgIpc) is 3.59. The van der Waals surface area contributed by atoms with Crippen LogP contribution >= 0.6 is 0 Å². The maximum Gasteiger partial charge on any atom is 0.300 e. The van der Waals surface area contributed by atoms with Crippen molar-refractivity contribution in [3.63, 3.8) is 0 Å². The zero-order chi connectivity index (χ0) is 33.3. The van der Waals surface area contributed by atoms with Crippen LogP contribution in [0.3, 0.4) is 0 Å². The number of nitrogens with two attached hydrogens (primary N) is 4. The fourth-order valence-electron chi connectivity index (χ4n) is 4.37. The van der Waals surface area contributed by atoms with E-state index in [1.54, 1.807) is 0 Å². The van der Waals surface area contributed by atoms with Crippen LogP contribution in [0, 0.1) is 0 Å². The number of guanidine groups is 1. The molecule has 244 valence electrons. The van der Waals surface area contributed by atoms with Crippen molar-refractivity contribution in [2.75, 3.05) is 26.2 Å². The van der Waals surface area contributed by atoms with Crippen molar-refractivity contribution in [3.8, 4) is 0 Å². The van der Waals surface area contributed by atoms with Crippen LogP contribution in [0.2, 0.25) is 0 Å². The maximum absolute atomic E-state index is 13.5. The number of rotatable bonds is 11. The van der Waals surface area contributed by atoms with Gasteiger partial charge in [0.05, 0.1) is 6.54 Å². The zero-order valence-electron chi connectivity index (χ0n) is 24.8. The Morgan fingerprint density at radius 1 is 0.860 bits per heavy atom. The Morgan fingerprint density at radius 2 is 1.33 bits per heavy atom. The van der Waals surface area contributed by atoms with Crippen LogP contribution in [0.4, 0.5) is 0 Å². The third-order valence-electron chi connectivity index (χ3n) is 6.23. The summed E-state index contributed by atoms with van der Waals surface area (Å²) in [5, 5.41) is 20.1. The minimum absolute atomic E-state index is 0.0846. The van der Waals surface area contributed by atoms with Crippen LogP contribution in [-0.4, -0.2) is 118 Å². The summed E-state index contributed by atoms with van der Waals surface area (Å²) < 4.78 is 0. The molecule has 2 heterocycles. The topological polar surface area (TPSA) is 307 Å². The Morgan fingerprint density at radius 3 is 1.79 bits per heavy atom. The van der Waals surface area contributed by atoms with E-state index in [9.17, 15) is 24.0 Å². The van der Waals surface area contributed by atoms with Crippen molar-refractivity contribution < 1.29 is 43.8 Å². The molecule has 0 aromatic rings. The second-order valence-electron chi connectivity index (χ2n) is 9.82. The molecule has 2 fully saturated rings. The minimum Gasteiger partial charge on any atom is -0.481 e. The highest BCUT2D eigenvalue weighted by atomic mass is 16.4. The smallest absolute Gasteiger partial charge is 0.300 e. The van der Waals surface area contributed by atoms with E-state index in [1.165, 1.54) is 16.7 Å². The molecule has 0 aromatic heterocycles. The van der Waals surface area contributed by atoms with Gasteiger partial charge in [0.15, 0.2) is 5.96 Å². The lowest BCUT2D eigenvalue weighted by molar-refractivity contribution is -0.143. The number of carboxylic acid groups (broad SMARTS) is 2. The molecule has 0 aromatic carbocycles. The number of nitrogens with one attached hydrogen (secondary N) is 2. The van der Waals surface area contributed by atoms with E-state index in [-0.39, 0.29) is 31.4 Å². The number of carboxylic acids is 2. The van der Waals surface area contributed by atoms with Gasteiger partial charge in [0.25, 0.3) is 11.9 Å². The molecule has 0 aliphatic carbocycles. The standard InChI is InChI=1S/C21H37N9O5.2C2H4O2/c1-12(17(23)32)27-18(33)15-7-4-10-30(15)20(35)13(5-2-8-26-21(24)25)28-19(34)14-6-3-9-29(14)16(31)11-22;2*1-2(3)4/h12-15H,2-11,22H2,1H3,(H2,23,32)(H,27,33)(H,28,34)(H4,24,25,26);2*1H3,(H,3,4)/t12-,13-,14-,15-;;/m0../s1. The van der Waals surface area contributed by atoms with E-state index in [2.05, 4.69) is 15.6 Å². The van der Waals surface area contributed by atoms with Crippen molar-refractivity contribution in [3.05, 3.63) is 0 Å². The largest absolute Gasteiger partial charge is 0.481 e. The molecular formula is C25H45N9O9. The molecule has 0 bridgehead atoms. The van der Waals surface area contributed by atoms with Crippen molar-refractivity contribution >= 4 is 47.4 Å². The van der Waals surface area contributed by atoms with Crippen molar-refractivity contribution in [2.45, 2.75) is 83.5 Å². The van der Waals surface area contributed by atoms with E-state index in [4.69, 9.17) is 42.7 Å². The molecule has 18 nitrogen and oxygen atoms in total. The molecule has 43 heavy (non-hydrogen) atoms. The Kier molecular flexibility index (Phi) is 17.6. The van der Waals surface area contributed by atoms with Gasteiger partial charge in [0.1, 0.15) is 24.2 Å². The van der Waals surface area contributed by atoms with Gasteiger partial charge in [0.2, 0.25) is 29.5 Å². The molecule has 2 saturated heterocycles. The number of nitrogens with zero attached hydrogens (tertiary/aromatic N) is 3. The summed E-state index contributed by atoms with van der Waals surface area (Å²) >= 11 is 0. The van der Waals surface area contributed by atoms with Crippen LogP contribution in [0.25, 0.3) is 0 Å². The molecule has 0 radical (unpaired) electrons.